The second kappa shape index (κ2) is 5.22. The number of hydrogen-bond acceptors (Lipinski definition) is 3. The van der Waals surface area contributed by atoms with Gasteiger partial charge >= 0.3 is 11.9 Å². The van der Waals surface area contributed by atoms with Gasteiger partial charge in [0.1, 0.15) is 11.5 Å². The second-order valence-corrected chi connectivity index (χ2v) is 3.76. The summed E-state index contributed by atoms with van der Waals surface area (Å²) in [5, 5.41) is 17.3. The van der Waals surface area contributed by atoms with Gasteiger partial charge in [-0.3, -0.25) is 0 Å². The third-order valence-electron chi connectivity index (χ3n) is 2.43. The van der Waals surface area contributed by atoms with Crippen LogP contribution in [0.15, 0.2) is 46.9 Å². The van der Waals surface area contributed by atoms with Crippen LogP contribution in [0.4, 0.5) is 0 Å². The van der Waals surface area contributed by atoms with E-state index in [9.17, 15) is 9.59 Å². The third-order valence-corrected chi connectivity index (χ3v) is 2.43. The van der Waals surface area contributed by atoms with Crippen LogP contribution in [-0.4, -0.2) is 22.2 Å². The molecule has 0 spiro atoms. The van der Waals surface area contributed by atoms with Gasteiger partial charge in [-0.15, -0.1) is 0 Å². The molecule has 0 atom stereocenters. The lowest BCUT2D eigenvalue weighted by atomic mass is 10.1. The molecule has 0 bridgehead atoms. The number of benzene rings is 1. The molecule has 0 aliphatic rings. The van der Waals surface area contributed by atoms with Gasteiger partial charge in [-0.2, -0.15) is 0 Å². The standard InChI is InChI=1S/C14H10O5/c15-13(16)8-6-11-5-7-12(19-11)9-1-3-10(4-2-9)14(17)18/h1-8H,(H,15,16)(H,17,18)/b8-6+. The van der Waals surface area contributed by atoms with Crippen molar-refractivity contribution in [3.63, 3.8) is 0 Å². The Labute approximate surface area is 108 Å². The highest BCUT2D eigenvalue weighted by Crippen LogP contribution is 2.23. The van der Waals surface area contributed by atoms with Crippen molar-refractivity contribution < 1.29 is 24.2 Å². The number of aromatic carboxylic acids is 1. The van der Waals surface area contributed by atoms with Crippen molar-refractivity contribution in [2.75, 3.05) is 0 Å². The zero-order chi connectivity index (χ0) is 13.8. The van der Waals surface area contributed by atoms with E-state index in [2.05, 4.69) is 0 Å². The molecule has 19 heavy (non-hydrogen) atoms. The van der Waals surface area contributed by atoms with E-state index in [0.717, 1.165) is 11.6 Å². The minimum atomic E-state index is -1.05. The van der Waals surface area contributed by atoms with Gasteiger partial charge in [0.2, 0.25) is 0 Å². The fraction of sp³-hybridized carbons (Fsp3) is 0. The average Bonchev–Trinajstić information content (AvgIpc) is 2.85. The van der Waals surface area contributed by atoms with Crippen molar-refractivity contribution in [2.45, 2.75) is 0 Å². The lowest BCUT2D eigenvalue weighted by Crippen LogP contribution is -1.94. The highest BCUT2D eigenvalue weighted by molar-refractivity contribution is 5.88. The van der Waals surface area contributed by atoms with Gasteiger partial charge in [-0.25, -0.2) is 9.59 Å². The first kappa shape index (κ1) is 12.6. The molecule has 2 N–H and O–H groups in total. The number of furan rings is 1. The monoisotopic (exact) mass is 258 g/mol. The molecular formula is C14H10O5. The van der Waals surface area contributed by atoms with E-state index < -0.39 is 11.9 Å². The third kappa shape index (κ3) is 3.10. The molecule has 0 unspecified atom stereocenters. The average molecular weight is 258 g/mol. The molecule has 1 aromatic heterocycles. The Morgan fingerprint density at radius 3 is 2.26 bits per heavy atom. The van der Waals surface area contributed by atoms with Gasteiger partial charge in [0, 0.05) is 11.6 Å². The van der Waals surface area contributed by atoms with Gasteiger partial charge < -0.3 is 14.6 Å². The first-order chi connectivity index (χ1) is 9.06. The summed E-state index contributed by atoms with van der Waals surface area (Å²) in [6.45, 7) is 0. The van der Waals surface area contributed by atoms with E-state index in [-0.39, 0.29) is 5.56 Å². The molecule has 0 aliphatic heterocycles. The molecule has 1 heterocycles. The van der Waals surface area contributed by atoms with Gasteiger partial charge in [0.05, 0.1) is 5.56 Å². The Morgan fingerprint density at radius 1 is 1.00 bits per heavy atom. The Balaban J connectivity index is 2.23. The quantitative estimate of drug-likeness (QED) is 0.823. The largest absolute Gasteiger partial charge is 0.478 e. The van der Waals surface area contributed by atoms with E-state index >= 15 is 0 Å². The van der Waals surface area contributed by atoms with Crippen LogP contribution in [0.1, 0.15) is 16.1 Å². The summed E-state index contributed by atoms with van der Waals surface area (Å²) < 4.78 is 5.42. The van der Waals surface area contributed by atoms with Crippen LogP contribution in [0.25, 0.3) is 17.4 Å². The number of carboxylic acids is 2. The molecule has 0 fully saturated rings. The summed E-state index contributed by atoms with van der Waals surface area (Å²) in [6, 6.07) is 9.55. The second-order valence-electron chi connectivity index (χ2n) is 3.76. The molecule has 96 valence electrons. The molecule has 0 aliphatic carbocycles. The molecule has 5 nitrogen and oxygen atoms in total. The SMILES string of the molecule is O=C(O)/C=C/c1ccc(-c2ccc(C(=O)O)cc2)o1. The van der Waals surface area contributed by atoms with Crippen LogP contribution in [0.3, 0.4) is 0 Å². The molecular weight excluding hydrogens is 248 g/mol. The van der Waals surface area contributed by atoms with Gasteiger partial charge in [0.15, 0.2) is 0 Å². The number of carbonyl (C=O) groups is 2. The Bertz CT molecular complexity index is 634. The summed E-state index contributed by atoms with van der Waals surface area (Å²) in [5.74, 6) is -1.08. The maximum absolute atomic E-state index is 10.7. The predicted molar refractivity (Wildman–Crippen MR) is 67.8 cm³/mol. The zero-order valence-electron chi connectivity index (χ0n) is 9.74. The smallest absolute Gasteiger partial charge is 0.335 e. The van der Waals surface area contributed by atoms with Crippen molar-refractivity contribution in [3.05, 3.63) is 53.8 Å². The summed E-state index contributed by atoms with van der Waals surface area (Å²) >= 11 is 0. The molecule has 0 amide bonds. The van der Waals surface area contributed by atoms with Crippen molar-refractivity contribution >= 4 is 18.0 Å². The topological polar surface area (TPSA) is 87.7 Å². The Hall–Kier alpha value is -2.82. The van der Waals surface area contributed by atoms with E-state index in [0.29, 0.717) is 11.5 Å². The van der Waals surface area contributed by atoms with Crippen LogP contribution < -0.4 is 0 Å². The maximum atomic E-state index is 10.7. The van der Waals surface area contributed by atoms with Gasteiger partial charge in [0.25, 0.3) is 0 Å². The summed E-state index contributed by atoms with van der Waals surface area (Å²) in [5.41, 5.74) is 0.918. The maximum Gasteiger partial charge on any atom is 0.335 e. The van der Waals surface area contributed by atoms with E-state index in [1.54, 1.807) is 24.3 Å². The minimum Gasteiger partial charge on any atom is -0.478 e. The van der Waals surface area contributed by atoms with Crippen molar-refractivity contribution in [2.24, 2.45) is 0 Å². The number of hydrogen-bond donors (Lipinski definition) is 2. The van der Waals surface area contributed by atoms with Crippen LogP contribution in [0.5, 0.6) is 0 Å². The van der Waals surface area contributed by atoms with Crippen molar-refractivity contribution in [3.8, 4) is 11.3 Å². The van der Waals surface area contributed by atoms with Crippen LogP contribution in [-0.2, 0) is 4.79 Å². The normalized spacial score (nSPS) is 10.7. The fourth-order valence-electron chi connectivity index (χ4n) is 1.53. The zero-order valence-corrected chi connectivity index (χ0v) is 9.74. The number of carboxylic acid groups (broad SMARTS) is 2. The number of rotatable bonds is 4. The van der Waals surface area contributed by atoms with Crippen LogP contribution in [0, 0.1) is 0 Å². The Morgan fingerprint density at radius 2 is 1.68 bits per heavy atom. The lowest BCUT2D eigenvalue weighted by Gasteiger charge is -1.98. The minimum absolute atomic E-state index is 0.196. The highest BCUT2D eigenvalue weighted by Gasteiger charge is 2.06. The molecule has 0 saturated carbocycles. The summed E-state index contributed by atoms with van der Waals surface area (Å²) in [7, 11) is 0. The van der Waals surface area contributed by atoms with Crippen LogP contribution >= 0.6 is 0 Å². The van der Waals surface area contributed by atoms with E-state index in [1.807, 2.05) is 0 Å². The first-order valence-electron chi connectivity index (χ1n) is 5.41. The highest BCUT2D eigenvalue weighted by atomic mass is 16.4. The molecule has 0 saturated heterocycles. The lowest BCUT2D eigenvalue weighted by molar-refractivity contribution is -0.131. The molecule has 0 radical (unpaired) electrons. The fourth-order valence-corrected chi connectivity index (χ4v) is 1.53. The van der Waals surface area contributed by atoms with E-state index in [1.165, 1.54) is 18.2 Å². The summed E-state index contributed by atoms with van der Waals surface area (Å²) in [6.07, 6.45) is 2.33. The number of aliphatic carboxylic acids is 1. The van der Waals surface area contributed by atoms with E-state index in [4.69, 9.17) is 14.6 Å². The molecule has 2 aromatic rings. The van der Waals surface area contributed by atoms with Crippen molar-refractivity contribution in [1.82, 2.24) is 0 Å². The molecule has 1 aromatic carbocycles. The van der Waals surface area contributed by atoms with Gasteiger partial charge in [-0.1, -0.05) is 12.1 Å². The molecule has 5 heteroatoms. The first-order valence-corrected chi connectivity index (χ1v) is 5.41. The molecule has 2 rings (SSSR count). The van der Waals surface area contributed by atoms with Gasteiger partial charge in [-0.05, 0) is 30.3 Å². The Kier molecular flexibility index (Phi) is 3.47. The van der Waals surface area contributed by atoms with Crippen LogP contribution in [0.2, 0.25) is 0 Å². The predicted octanol–water partition coefficient (Wildman–Crippen LogP) is 2.74. The van der Waals surface area contributed by atoms with Crippen molar-refractivity contribution in [1.29, 1.82) is 0 Å². The summed E-state index contributed by atoms with van der Waals surface area (Å²) in [4.78, 5) is 21.1.